The van der Waals surface area contributed by atoms with Gasteiger partial charge < -0.3 is 9.73 Å². The van der Waals surface area contributed by atoms with Crippen LogP contribution >= 0.6 is 0 Å². The summed E-state index contributed by atoms with van der Waals surface area (Å²) in [6.07, 6.45) is 3.58. The SMILES string of the molecule is C=CCNc1oc(-c2ccc(S(=O)(=O)N3CCC[C@H](C)C3)cc2)nc1C#N. The van der Waals surface area contributed by atoms with E-state index < -0.39 is 10.0 Å². The quantitative estimate of drug-likeness (QED) is 0.765. The Labute approximate surface area is 159 Å². The Morgan fingerprint density at radius 3 is 2.81 bits per heavy atom. The molecule has 2 aromatic rings. The molecule has 0 spiro atoms. The zero-order valence-electron chi connectivity index (χ0n) is 15.2. The van der Waals surface area contributed by atoms with E-state index in [9.17, 15) is 13.7 Å². The van der Waals surface area contributed by atoms with Crippen LogP contribution in [0.3, 0.4) is 0 Å². The summed E-state index contributed by atoms with van der Waals surface area (Å²) < 4.78 is 32.8. The lowest BCUT2D eigenvalue weighted by atomic mass is 10.0. The minimum Gasteiger partial charge on any atom is -0.419 e. The largest absolute Gasteiger partial charge is 0.419 e. The monoisotopic (exact) mass is 386 g/mol. The Balaban J connectivity index is 1.84. The van der Waals surface area contributed by atoms with Crippen molar-refractivity contribution in [2.75, 3.05) is 25.0 Å². The summed E-state index contributed by atoms with van der Waals surface area (Å²) in [7, 11) is -3.51. The fourth-order valence-corrected chi connectivity index (χ4v) is 4.69. The highest BCUT2D eigenvalue weighted by Gasteiger charge is 2.28. The molecular weight excluding hydrogens is 364 g/mol. The van der Waals surface area contributed by atoms with E-state index in [4.69, 9.17) is 4.42 Å². The maximum absolute atomic E-state index is 12.8. The van der Waals surface area contributed by atoms with Crippen LogP contribution in [0.5, 0.6) is 0 Å². The summed E-state index contributed by atoms with van der Waals surface area (Å²) in [5.74, 6) is 0.895. The molecule has 27 heavy (non-hydrogen) atoms. The molecule has 1 fully saturated rings. The lowest BCUT2D eigenvalue weighted by Crippen LogP contribution is -2.39. The van der Waals surface area contributed by atoms with Crippen molar-refractivity contribution >= 4 is 15.9 Å². The van der Waals surface area contributed by atoms with Gasteiger partial charge in [0.05, 0.1) is 4.90 Å². The fraction of sp³-hybridized carbons (Fsp3) is 0.368. The molecule has 1 N–H and O–H groups in total. The van der Waals surface area contributed by atoms with Crippen LogP contribution in [-0.4, -0.2) is 37.3 Å². The zero-order valence-corrected chi connectivity index (χ0v) is 16.0. The third kappa shape index (κ3) is 4.04. The predicted octanol–water partition coefficient (Wildman–Crippen LogP) is 3.23. The molecule has 1 aromatic heterocycles. The number of benzene rings is 1. The molecule has 0 aliphatic carbocycles. The maximum atomic E-state index is 12.8. The minimum absolute atomic E-state index is 0.144. The van der Waals surface area contributed by atoms with Crippen LogP contribution in [-0.2, 0) is 10.0 Å². The lowest BCUT2D eigenvalue weighted by molar-refractivity contribution is 0.281. The van der Waals surface area contributed by atoms with Gasteiger partial charge in [-0.3, -0.25) is 0 Å². The minimum atomic E-state index is -3.51. The molecule has 3 rings (SSSR count). The topological polar surface area (TPSA) is 99.2 Å². The second kappa shape index (κ2) is 7.94. The van der Waals surface area contributed by atoms with Crippen molar-refractivity contribution in [3.8, 4) is 17.5 Å². The van der Waals surface area contributed by atoms with Crippen LogP contribution in [0.25, 0.3) is 11.5 Å². The van der Waals surface area contributed by atoms with Crippen molar-refractivity contribution in [2.24, 2.45) is 5.92 Å². The number of piperidine rings is 1. The van der Waals surface area contributed by atoms with Crippen LogP contribution in [0.15, 0.2) is 46.2 Å². The van der Waals surface area contributed by atoms with Gasteiger partial charge in [-0.15, -0.1) is 6.58 Å². The smallest absolute Gasteiger partial charge is 0.243 e. The Morgan fingerprint density at radius 1 is 1.44 bits per heavy atom. The van der Waals surface area contributed by atoms with Gasteiger partial charge >= 0.3 is 0 Å². The van der Waals surface area contributed by atoms with Gasteiger partial charge in [-0.1, -0.05) is 13.0 Å². The van der Waals surface area contributed by atoms with Gasteiger partial charge in [0.1, 0.15) is 6.07 Å². The predicted molar refractivity (Wildman–Crippen MR) is 102 cm³/mol. The molecule has 1 aliphatic heterocycles. The van der Waals surface area contributed by atoms with Crippen LogP contribution in [0, 0.1) is 17.2 Å². The van der Waals surface area contributed by atoms with Crippen molar-refractivity contribution in [3.63, 3.8) is 0 Å². The molecule has 0 amide bonds. The number of anilines is 1. The van der Waals surface area contributed by atoms with Gasteiger partial charge in [0.25, 0.3) is 0 Å². The van der Waals surface area contributed by atoms with Gasteiger partial charge in [-0.2, -0.15) is 14.6 Å². The molecule has 0 saturated carbocycles. The van der Waals surface area contributed by atoms with Crippen LogP contribution < -0.4 is 5.32 Å². The molecular formula is C19H22N4O3S. The van der Waals surface area contributed by atoms with E-state index >= 15 is 0 Å². The van der Waals surface area contributed by atoms with E-state index in [-0.39, 0.29) is 22.4 Å². The lowest BCUT2D eigenvalue weighted by Gasteiger charge is -2.30. The molecule has 142 valence electrons. The molecule has 0 radical (unpaired) electrons. The first-order valence-corrected chi connectivity index (χ1v) is 10.3. The zero-order chi connectivity index (χ0) is 19.4. The van der Waals surface area contributed by atoms with Crippen LogP contribution in [0.1, 0.15) is 25.5 Å². The number of hydrogen-bond acceptors (Lipinski definition) is 6. The molecule has 8 heteroatoms. The number of oxazole rings is 1. The maximum Gasteiger partial charge on any atom is 0.243 e. The number of nitriles is 1. The van der Waals surface area contributed by atoms with Gasteiger partial charge in [-0.25, -0.2) is 8.42 Å². The molecule has 7 nitrogen and oxygen atoms in total. The van der Waals surface area contributed by atoms with E-state index in [1.165, 1.54) is 0 Å². The second-order valence-corrected chi connectivity index (χ2v) is 8.55. The summed E-state index contributed by atoms with van der Waals surface area (Å²) in [4.78, 5) is 4.41. The summed E-state index contributed by atoms with van der Waals surface area (Å²) in [6, 6.07) is 8.37. The molecule has 2 heterocycles. The van der Waals surface area contributed by atoms with Gasteiger partial charge in [0.15, 0.2) is 0 Å². The first kappa shape index (κ1) is 19.1. The number of nitrogens with one attached hydrogen (secondary N) is 1. The molecule has 1 aromatic carbocycles. The van der Waals surface area contributed by atoms with E-state index in [2.05, 4.69) is 23.8 Å². The number of sulfonamides is 1. The van der Waals surface area contributed by atoms with Crippen molar-refractivity contribution in [1.29, 1.82) is 5.26 Å². The highest BCUT2D eigenvalue weighted by molar-refractivity contribution is 7.89. The Morgan fingerprint density at radius 2 is 2.19 bits per heavy atom. The number of hydrogen-bond donors (Lipinski definition) is 1. The highest BCUT2D eigenvalue weighted by atomic mass is 32.2. The summed E-state index contributed by atoms with van der Waals surface area (Å²) >= 11 is 0. The van der Waals surface area contributed by atoms with Crippen molar-refractivity contribution in [3.05, 3.63) is 42.6 Å². The van der Waals surface area contributed by atoms with Gasteiger partial charge in [-0.05, 0) is 43.0 Å². The van der Waals surface area contributed by atoms with E-state index in [1.54, 1.807) is 34.6 Å². The third-order valence-corrected chi connectivity index (χ3v) is 6.38. The van der Waals surface area contributed by atoms with Crippen molar-refractivity contribution in [1.82, 2.24) is 9.29 Å². The first-order chi connectivity index (χ1) is 13.0. The summed E-state index contributed by atoms with van der Waals surface area (Å²) in [5, 5.41) is 12.1. The van der Waals surface area contributed by atoms with E-state index in [0.29, 0.717) is 31.1 Å². The van der Waals surface area contributed by atoms with Crippen molar-refractivity contribution in [2.45, 2.75) is 24.7 Å². The van der Waals surface area contributed by atoms with Gasteiger partial charge in [0.2, 0.25) is 27.5 Å². The standard InChI is InChI=1S/C19H22N4O3S/c1-3-10-21-19-17(12-20)22-18(26-19)15-6-8-16(9-7-15)27(24,25)23-11-4-5-14(2)13-23/h3,6-9,14,21H,1,4-5,10-11,13H2,2H3/t14-/m0/s1. The number of aromatic nitrogens is 1. The summed E-state index contributed by atoms with van der Waals surface area (Å²) in [5.41, 5.74) is 0.745. The normalized spacial score (nSPS) is 18.0. The van der Waals surface area contributed by atoms with Crippen molar-refractivity contribution < 1.29 is 12.8 Å². The van der Waals surface area contributed by atoms with E-state index in [1.807, 2.05) is 6.07 Å². The molecule has 0 unspecified atom stereocenters. The number of nitrogens with zero attached hydrogens (tertiary/aromatic N) is 3. The first-order valence-electron chi connectivity index (χ1n) is 8.82. The summed E-state index contributed by atoms with van der Waals surface area (Å²) in [6.45, 7) is 7.21. The average molecular weight is 386 g/mol. The molecule has 1 aliphatic rings. The highest BCUT2D eigenvalue weighted by Crippen LogP contribution is 2.28. The van der Waals surface area contributed by atoms with Crippen LogP contribution in [0.2, 0.25) is 0 Å². The number of rotatable bonds is 6. The third-order valence-electron chi connectivity index (χ3n) is 4.50. The Hall–Kier alpha value is -2.63. The molecule has 1 atom stereocenters. The Kier molecular flexibility index (Phi) is 5.63. The molecule has 0 bridgehead atoms. The Bertz CT molecular complexity index is 958. The second-order valence-electron chi connectivity index (χ2n) is 6.61. The van der Waals surface area contributed by atoms with Gasteiger partial charge in [0, 0.05) is 25.2 Å². The van der Waals surface area contributed by atoms with E-state index in [0.717, 1.165) is 12.8 Å². The average Bonchev–Trinajstić information content (AvgIpc) is 3.09. The molecule has 1 saturated heterocycles. The fourth-order valence-electron chi connectivity index (χ4n) is 3.09. The van der Waals surface area contributed by atoms with Crippen LogP contribution in [0.4, 0.5) is 5.88 Å².